The number of alkyl halides is 1. The number of rotatable bonds is 3. The molecule has 3 rings (SSSR count). The summed E-state index contributed by atoms with van der Waals surface area (Å²) >= 11 is 9.61. The van der Waals surface area contributed by atoms with Crippen LogP contribution in [0.2, 0.25) is 5.02 Å². The van der Waals surface area contributed by atoms with Gasteiger partial charge < -0.3 is 4.74 Å². The van der Waals surface area contributed by atoms with Crippen molar-refractivity contribution in [3.05, 3.63) is 70.5 Å². The molecule has 1 nitrogen and oxygen atoms in total. The van der Waals surface area contributed by atoms with E-state index in [0.29, 0.717) is 10.4 Å². The first-order valence-corrected chi connectivity index (χ1v) is 7.41. The predicted octanol–water partition coefficient (Wildman–Crippen LogP) is 4.84. The molecule has 1 heterocycles. The molecule has 0 bridgehead atoms. The van der Waals surface area contributed by atoms with E-state index in [1.807, 2.05) is 30.3 Å². The van der Waals surface area contributed by atoms with Crippen LogP contribution in [0.3, 0.4) is 0 Å². The van der Waals surface area contributed by atoms with Crippen molar-refractivity contribution in [2.75, 3.05) is 5.33 Å². The van der Waals surface area contributed by atoms with Gasteiger partial charge in [0, 0.05) is 15.9 Å². The molecule has 1 aliphatic heterocycles. The van der Waals surface area contributed by atoms with Crippen molar-refractivity contribution in [3.8, 4) is 0 Å². The highest BCUT2D eigenvalue weighted by molar-refractivity contribution is 9.09. The molecule has 2 aromatic carbocycles. The third-order valence-electron chi connectivity index (χ3n) is 3.40. The summed E-state index contributed by atoms with van der Waals surface area (Å²) in [5.74, 6) is -0.335. The van der Waals surface area contributed by atoms with E-state index in [0.717, 1.165) is 11.1 Å². The van der Waals surface area contributed by atoms with Gasteiger partial charge in [0.2, 0.25) is 0 Å². The van der Waals surface area contributed by atoms with E-state index in [2.05, 4.69) is 15.9 Å². The molecular weight excluding hydrogens is 331 g/mol. The molecule has 0 aromatic heterocycles. The van der Waals surface area contributed by atoms with Gasteiger partial charge in [-0.05, 0) is 17.7 Å². The maximum atomic E-state index is 13.1. The fourth-order valence-electron chi connectivity index (χ4n) is 2.32. The zero-order chi connectivity index (χ0) is 13.5. The fourth-order valence-corrected chi connectivity index (χ4v) is 3.34. The molecule has 2 unspecified atom stereocenters. The fraction of sp³-hybridized carbons (Fsp3) is 0.200. The van der Waals surface area contributed by atoms with Gasteiger partial charge >= 0.3 is 0 Å². The van der Waals surface area contributed by atoms with Crippen molar-refractivity contribution in [1.29, 1.82) is 0 Å². The molecule has 0 aliphatic carbocycles. The van der Waals surface area contributed by atoms with Crippen molar-refractivity contribution < 1.29 is 9.13 Å². The Balaban J connectivity index is 1.97. The molecule has 0 saturated carbocycles. The molecule has 2 atom stereocenters. The van der Waals surface area contributed by atoms with Gasteiger partial charge in [0.15, 0.2) is 0 Å². The van der Waals surface area contributed by atoms with Crippen LogP contribution in [0, 0.1) is 5.82 Å². The average Bonchev–Trinajstić information content (AvgIpc) is 3.15. The quantitative estimate of drug-likeness (QED) is 0.575. The highest BCUT2D eigenvalue weighted by Crippen LogP contribution is 2.59. The van der Waals surface area contributed by atoms with Crippen molar-refractivity contribution in [2.24, 2.45) is 0 Å². The summed E-state index contributed by atoms with van der Waals surface area (Å²) in [4.78, 5) is 0. The maximum Gasteiger partial charge on any atom is 0.134 e. The van der Waals surface area contributed by atoms with Gasteiger partial charge in [-0.2, -0.15) is 0 Å². The molecule has 1 aliphatic rings. The van der Waals surface area contributed by atoms with E-state index in [1.54, 1.807) is 6.07 Å². The van der Waals surface area contributed by atoms with E-state index >= 15 is 0 Å². The minimum atomic E-state index is -0.400. The Bertz CT molecular complexity index is 604. The minimum Gasteiger partial charge on any atom is -0.355 e. The number of epoxide rings is 1. The van der Waals surface area contributed by atoms with Crippen molar-refractivity contribution >= 4 is 27.5 Å². The SMILES string of the molecule is Fc1ccc(C2OC2(CBr)c2ccccc2)c(Cl)c1. The normalized spacial score (nSPS) is 25.3. The van der Waals surface area contributed by atoms with Crippen LogP contribution in [0.1, 0.15) is 17.2 Å². The molecule has 1 saturated heterocycles. The highest BCUT2D eigenvalue weighted by atomic mass is 79.9. The second-order valence-corrected chi connectivity index (χ2v) is 5.52. The number of halogens is 3. The van der Waals surface area contributed by atoms with Crippen LogP contribution in [0.25, 0.3) is 0 Å². The van der Waals surface area contributed by atoms with E-state index in [-0.39, 0.29) is 11.9 Å². The molecule has 0 spiro atoms. The molecule has 0 radical (unpaired) electrons. The molecule has 19 heavy (non-hydrogen) atoms. The Kier molecular flexibility index (Phi) is 3.37. The summed E-state index contributed by atoms with van der Waals surface area (Å²) in [6, 6.07) is 14.4. The van der Waals surface area contributed by atoms with Crippen molar-refractivity contribution in [3.63, 3.8) is 0 Å². The Hall–Kier alpha value is -0.900. The monoisotopic (exact) mass is 340 g/mol. The first kappa shape index (κ1) is 13.1. The first-order chi connectivity index (χ1) is 9.17. The summed E-state index contributed by atoms with van der Waals surface area (Å²) in [6.45, 7) is 0. The summed E-state index contributed by atoms with van der Waals surface area (Å²) in [5, 5.41) is 1.08. The molecule has 1 fully saturated rings. The van der Waals surface area contributed by atoms with Crippen LogP contribution >= 0.6 is 27.5 Å². The van der Waals surface area contributed by atoms with E-state index in [4.69, 9.17) is 16.3 Å². The molecule has 2 aromatic rings. The lowest BCUT2D eigenvalue weighted by molar-refractivity contribution is 0.318. The zero-order valence-corrected chi connectivity index (χ0v) is 12.3. The minimum absolute atomic E-state index is 0.137. The van der Waals surface area contributed by atoms with Gasteiger partial charge in [-0.3, -0.25) is 0 Å². The second-order valence-electron chi connectivity index (χ2n) is 4.55. The summed E-state index contributed by atoms with van der Waals surface area (Å²) < 4.78 is 19.0. The number of hydrogen-bond donors (Lipinski definition) is 0. The molecule has 0 N–H and O–H groups in total. The van der Waals surface area contributed by atoms with Crippen LogP contribution in [0.15, 0.2) is 48.5 Å². The number of hydrogen-bond acceptors (Lipinski definition) is 1. The Labute approximate surface area is 124 Å². The van der Waals surface area contributed by atoms with Gasteiger partial charge in [0.1, 0.15) is 17.5 Å². The van der Waals surface area contributed by atoms with Crippen LogP contribution < -0.4 is 0 Å². The Morgan fingerprint density at radius 3 is 2.58 bits per heavy atom. The third-order valence-corrected chi connectivity index (χ3v) is 4.56. The van der Waals surface area contributed by atoms with Gasteiger partial charge in [0.05, 0.1) is 0 Å². The summed E-state index contributed by atoms with van der Waals surface area (Å²) in [5.41, 5.74) is 1.52. The standard InChI is InChI=1S/C15H11BrClFO/c16-9-15(10-4-2-1-3-5-10)14(19-15)12-7-6-11(18)8-13(12)17/h1-8,14H,9H2. The number of ether oxygens (including phenoxy) is 1. The predicted molar refractivity (Wildman–Crippen MR) is 77.2 cm³/mol. The lowest BCUT2D eigenvalue weighted by Gasteiger charge is -2.10. The molecule has 4 heteroatoms. The maximum absolute atomic E-state index is 13.1. The molecule has 0 amide bonds. The van der Waals surface area contributed by atoms with Crippen LogP contribution in [-0.2, 0) is 10.3 Å². The number of benzene rings is 2. The van der Waals surface area contributed by atoms with E-state index in [1.165, 1.54) is 12.1 Å². The molecule has 98 valence electrons. The van der Waals surface area contributed by atoms with Gasteiger partial charge in [0.25, 0.3) is 0 Å². The lowest BCUT2D eigenvalue weighted by atomic mass is 9.93. The Morgan fingerprint density at radius 2 is 1.95 bits per heavy atom. The average molecular weight is 342 g/mol. The highest BCUT2D eigenvalue weighted by Gasteiger charge is 2.58. The first-order valence-electron chi connectivity index (χ1n) is 5.91. The van der Waals surface area contributed by atoms with E-state index in [9.17, 15) is 4.39 Å². The van der Waals surface area contributed by atoms with Crippen LogP contribution in [0.5, 0.6) is 0 Å². The van der Waals surface area contributed by atoms with Crippen LogP contribution in [0.4, 0.5) is 4.39 Å². The second kappa shape index (κ2) is 4.89. The smallest absolute Gasteiger partial charge is 0.134 e. The van der Waals surface area contributed by atoms with Gasteiger partial charge in [-0.25, -0.2) is 4.39 Å². The van der Waals surface area contributed by atoms with E-state index < -0.39 is 5.60 Å². The Morgan fingerprint density at radius 1 is 1.21 bits per heavy atom. The topological polar surface area (TPSA) is 12.5 Å². The molecular formula is C15H11BrClFO. The summed E-state index contributed by atoms with van der Waals surface area (Å²) in [6.07, 6.45) is -0.137. The largest absolute Gasteiger partial charge is 0.355 e. The zero-order valence-electron chi connectivity index (χ0n) is 9.95. The van der Waals surface area contributed by atoms with Gasteiger partial charge in [-0.1, -0.05) is 63.9 Å². The van der Waals surface area contributed by atoms with Crippen molar-refractivity contribution in [2.45, 2.75) is 11.7 Å². The van der Waals surface area contributed by atoms with Crippen LogP contribution in [-0.4, -0.2) is 5.33 Å². The lowest BCUT2D eigenvalue weighted by Crippen LogP contribution is -2.11. The third kappa shape index (κ3) is 2.20. The van der Waals surface area contributed by atoms with Crippen molar-refractivity contribution in [1.82, 2.24) is 0 Å². The summed E-state index contributed by atoms with van der Waals surface area (Å²) in [7, 11) is 0. The van der Waals surface area contributed by atoms with Gasteiger partial charge in [-0.15, -0.1) is 0 Å².